The monoisotopic (exact) mass is 375 g/mol. The fourth-order valence-corrected chi connectivity index (χ4v) is 2.67. The Bertz CT molecular complexity index is 951. The van der Waals surface area contributed by atoms with E-state index in [2.05, 4.69) is 10.2 Å². The smallest absolute Gasteiger partial charge is 0.333 e. The van der Waals surface area contributed by atoms with E-state index in [0.717, 1.165) is 11.3 Å². The molecule has 0 atom stereocenters. The van der Waals surface area contributed by atoms with E-state index in [-0.39, 0.29) is 17.9 Å². The molecule has 3 aromatic rings. The highest BCUT2D eigenvalue weighted by Crippen LogP contribution is 2.18. The summed E-state index contributed by atoms with van der Waals surface area (Å²) >= 11 is 0. The van der Waals surface area contributed by atoms with E-state index in [9.17, 15) is 13.6 Å². The minimum atomic E-state index is -2.78. The van der Waals surface area contributed by atoms with Crippen molar-refractivity contribution in [3.63, 3.8) is 0 Å². The summed E-state index contributed by atoms with van der Waals surface area (Å²) < 4.78 is 33.1. The first kappa shape index (κ1) is 18.6. The van der Waals surface area contributed by atoms with Gasteiger partial charge in [0, 0.05) is 37.1 Å². The van der Waals surface area contributed by atoms with Crippen molar-refractivity contribution in [3.05, 3.63) is 59.7 Å². The Morgan fingerprint density at radius 1 is 1.33 bits per heavy atom. The zero-order valence-electron chi connectivity index (χ0n) is 15.1. The Morgan fingerprint density at radius 3 is 2.78 bits per heavy atom. The number of methoxy groups -OCH3 is 1. The lowest BCUT2D eigenvalue weighted by molar-refractivity contribution is 0.0533. The SMILES string of the molecule is COc1cccc(-n2cc(CN(C)C(=O)c3cc(C)n(C(F)F)n3)cn2)c1. The lowest BCUT2D eigenvalue weighted by atomic mass is 10.3. The lowest BCUT2D eigenvalue weighted by Gasteiger charge is -2.14. The quantitative estimate of drug-likeness (QED) is 0.664. The highest BCUT2D eigenvalue weighted by Gasteiger charge is 2.20. The molecule has 0 aliphatic heterocycles. The van der Waals surface area contributed by atoms with Gasteiger partial charge in [-0.1, -0.05) is 6.07 Å². The number of hydrogen-bond acceptors (Lipinski definition) is 4. The second-order valence-corrected chi connectivity index (χ2v) is 6.05. The van der Waals surface area contributed by atoms with E-state index in [0.29, 0.717) is 10.4 Å². The summed E-state index contributed by atoms with van der Waals surface area (Å²) in [7, 11) is 3.17. The predicted molar refractivity (Wildman–Crippen MR) is 94.1 cm³/mol. The molecule has 27 heavy (non-hydrogen) atoms. The van der Waals surface area contributed by atoms with E-state index in [1.165, 1.54) is 17.9 Å². The number of nitrogens with zero attached hydrogens (tertiary/aromatic N) is 5. The minimum absolute atomic E-state index is 0.0181. The van der Waals surface area contributed by atoms with Crippen molar-refractivity contribution < 1.29 is 18.3 Å². The van der Waals surface area contributed by atoms with Gasteiger partial charge in [0.1, 0.15) is 5.75 Å². The number of alkyl halides is 2. The van der Waals surface area contributed by atoms with Gasteiger partial charge < -0.3 is 9.64 Å². The molecule has 0 aliphatic rings. The average Bonchev–Trinajstić information content (AvgIpc) is 3.27. The molecule has 0 fully saturated rings. The fraction of sp³-hybridized carbons (Fsp3) is 0.278. The van der Waals surface area contributed by atoms with Crippen LogP contribution in [0.25, 0.3) is 5.69 Å². The van der Waals surface area contributed by atoms with Gasteiger partial charge in [-0.15, -0.1) is 0 Å². The van der Waals surface area contributed by atoms with Crippen molar-refractivity contribution in [1.29, 1.82) is 0 Å². The van der Waals surface area contributed by atoms with E-state index < -0.39 is 12.5 Å². The molecule has 0 spiro atoms. The van der Waals surface area contributed by atoms with Crippen molar-refractivity contribution in [1.82, 2.24) is 24.5 Å². The number of rotatable bonds is 6. The summed E-state index contributed by atoms with van der Waals surface area (Å²) in [6.07, 6.45) is 3.44. The number of aryl methyl sites for hydroxylation is 1. The second-order valence-electron chi connectivity index (χ2n) is 6.05. The second kappa shape index (κ2) is 7.56. The van der Waals surface area contributed by atoms with Crippen molar-refractivity contribution >= 4 is 5.91 Å². The standard InChI is InChI=1S/C18H19F2N5O2/c1-12-7-16(22-25(12)18(19)20)17(26)23(2)10-13-9-21-24(11-13)14-5-4-6-15(8-14)27-3/h4-9,11,18H,10H2,1-3H3. The maximum absolute atomic E-state index is 12.8. The number of ether oxygens (including phenoxy) is 1. The third kappa shape index (κ3) is 3.97. The summed E-state index contributed by atoms with van der Waals surface area (Å²) in [5.41, 5.74) is 1.82. The maximum Gasteiger partial charge on any atom is 0.333 e. The molecule has 0 unspecified atom stereocenters. The zero-order valence-corrected chi connectivity index (χ0v) is 15.1. The molecule has 9 heteroatoms. The Morgan fingerprint density at radius 2 is 2.11 bits per heavy atom. The number of carbonyl (C=O) groups excluding carboxylic acids is 1. The average molecular weight is 375 g/mol. The molecular weight excluding hydrogens is 356 g/mol. The molecule has 0 aliphatic carbocycles. The van der Waals surface area contributed by atoms with Crippen LogP contribution in [0.5, 0.6) is 5.75 Å². The highest BCUT2D eigenvalue weighted by atomic mass is 19.3. The van der Waals surface area contributed by atoms with Gasteiger partial charge in [0.25, 0.3) is 5.91 Å². The van der Waals surface area contributed by atoms with Crippen LogP contribution in [0.4, 0.5) is 8.78 Å². The summed E-state index contributed by atoms with van der Waals surface area (Å²) in [5, 5.41) is 7.98. The van der Waals surface area contributed by atoms with Crippen molar-refractivity contribution in [2.24, 2.45) is 0 Å². The van der Waals surface area contributed by atoms with Gasteiger partial charge in [0.15, 0.2) is 5.69 Å². The Hall–Kier alpha value is -3.23. The predicted octanol–water partition coefficient (Wildman–Crippen LogP) is 3.05. The maximum atomic E-state index is 12.8. The molecule has 0 saturated heterocycles. The van der Waals surface area contributed by atoms with Crippen molar-refractivity contribution in [2.75, 3.05) is 14.2 Å². The first-order chi connectivity index (χ1) is 12.9. The van der Waals surface area contributed by atoms with Crippen LogP contribution in [0.3, 0.4) is 0 Å². The molecule has 0 N–H and O–H groups in total. The summed E-state index contributed by atoms with van der Waals surface area (Å²) in [4.78, 5) is 13.9. The molecule has 0 saturated carbocycles. The Labute approximate surface area is 154 Å². The number of carbonyl (C=O) groups is 1. The summed E-state index contributed by atoms with van der Waals surface area (Å²) in [5.74, 6) is 0.272. The summed E-state index contributed by atoms with van der Waals surface area (Å²) in [6.45, 7) is -1.03. The third-order valence-electron chi connectivity index (χ3n) is 4.05. The molecule has 142 valence electrons. The number of aromatic nitrogens is 4. The van der Waals surface area contributed by atoms with Gasteiger partial charge >= 0.3 is 6.55 Å². The molecule has 3 rings (SSSR count). The number of hydrogen-bond donors (Lipinski definition) is 0. The van der Waals surface area contributed by atoms with Gasteiger partial charge in [0.2, 0.25) is 0 Å². The molecule has 2 heterocycles. The molecule has 1 amide bonds. The molecule has 1 aromatic carbocycles. The molecule has 7 nitrogen and oxygen atoms in total. The van der Waals surface area contributed by atoms with E-state index >= 15 is 0 Å². The summed E-state index contributed by atoms with van der Waals surface area (Å²) in [6, 6.07) is 8.76. The fourth-order valence-electron chi connectivity index (χ4n) is 2.67. The van der Waals surface area contributed by atoms with Crippen LogP contribution in [0, 0.1) is 6.92 Å². The van der Waals surface area contributed by atoms with E-state index in [1.54, 1.807) is 31.2 Å². The van der Waals surface area contributed by atoms with Crippen LogP contribution in [0.2, 0.25) is 0 Å². The number of halogens is 2. The van der Waals surface area contributed by atoms with E-state index in [4.69, 9.17) is 4.74 Å². The van der Waals surface area contributed by atoms with Gasteiger partial charge in [0.05, 0.1) is 19.0 Å². The highest BCUT2D eigenvalue weighted by molar-refractivity contribution is 5.92. The van der Waals surface area contributed by atoms with Crippen molar-refractivity contribution in [2.45, 2.75) is 20.0 Å². The minimum Gasteiger partial charge on any atom is -0.497 e. The van der Waals surface area contributed by atoms with Gasteiger partial charge in [-0.25, -0.2) is 9.36 Å². The molecule has 2 aromatic heterocycles. The van der Waals surface area contributed by atoms with Crippen molar-refractivity contribution in [3.8, 4) is 11.4 Å². The van der Waals surface area contributed by atoms with Crippen LogP contribution in [0.15, 0.2) is 42.7 Å². The first-order valence-corrected chi connectivity index (χ1v) is 8.17. The van der Waals surface area contributed by atoms with Gasteiger partial charge in [-0.3, -0.25) is 4.79 Å². The third-order valence-corrected chi connectivity index (χ3v) is 4.05. The molecular formula is C18H19F2N5O2. The number of amides is 1. The van der Waals surface area contributed by atoms with Gasteiger partial charge in [-0.05, 0) is 25.1 Å². The molecule has 0 radical (unpaired) electrons. The van der Waals surface area contributed by atoms with Crippen LogP contribution in [-0.4, -0.2) is 44.5 Å². The topological polar surface area (TPSA) is 65.2 Å². The van der Waals surface area contributed by atoms with E-state index in [1.807, 2.05) is 24.3 Å². The Balaban J connectivity index is 1.72. The van der Waals surface area contributed by atoms with Gasteiger partial charge in [-0.2, -0.15) is 19.0 Å². The lowest BCUT2D eigenvalue weighted by Crippen LogP contribution is -2.26. The van der Waals surface area contributed by atoms with Crippen LogP contribution in [0.1, 0.15) is 28.3 Å². The zero-order chi connectivity index (χ0) is 19.6. The normalized spacial score (nSPS) is 11.0. The van der Waals surface area contributed by atoms with Crippen LogP contribution >= 0.6 is 0 Å². The van der Waals surface area contributed by atoms with Crippen LogP contribution in [-0.2, 0) is 6.54 Å². The molecule has 0 bridgehead atoms. The number of benzene rings is 1. The first-order valence-electron chi connectivity index (χ1n) is 8.17. The van der Waals surface area contributed by atoms with Crippen LogP contribution < -0.4 is 4.74 Å². The Kier molecular flexibility index (Phi) is 5.20. The largest absolute Gasteiger partial charge is 0.497 e.